The molecule has 0 aliphatic rings. The van der Waals surface area contributed by atoms with E-state index in [-0.39, 0.29) is 0 Å². The highest BCUT2D eigenvalue weighted by Gasteiger charge is 2.25. The molecule has 0 aliphatic heterocycles. The summed E-state index contributed by atoms with van der Waals surface area (Å²) < 4.78 is 7.50. The Labute approximate surface area is 459 Å². The molecular formula is C76H46N2S. The van der Waals surface area contributed by atoms with E-state index in [4.69, 9.17) is 0 Å². The third kappa shape index (κ3) is 6.45. The molecular weight excluding hydrogens is 973 g/mol. The van der Waals surface area contributed by atoms with Crippen molar-refractivity contribution >= 4 is 118 Å². The molecule has 14 aromatic carbocycles. The highest BCUT2D eigenvalue weighted by atomic mass is 32.1. The van der Waals surface area contributed by atoms with Gasteiger partial charge in [0.15, 0.2) is 0 Å². The third-order valence-electron chi connectivity index (χ3n) is 16.9. The van der Waals surface area contributed by atoms with E-state index in [1.165, 1.54) is 151 Å². The van der Waals surface area contributed by atoms with Crippen molar-refractivity contribution in [2.75, 3.05) is 0 Å². The molecule has 366 valence electrons. The molecule has 3 heterocycles. The van der Waals surface area contributed by atoms with Gasteiger partial charge in [0, 0.05) is 64.2 Å². The SMILES string of the molecule is c1ccc(-n2c3ccccc3c3cccc(-c4c5ccccc5c(-c5ccc6c(c5)sc5ccc(-c7c8ccccc8c(-c8cccc9c%10ccccc%10n(-c%10ccccc%10)c89)c8ccccc78)cc56)c5ccccc45)c32)cc1. The van der Waals surface area contributed by atoms with Crippen LogP contribution in [0.15, 0.2) is 279 Å². The molecule has 0 aliphatic carbocycles. The zero-order valence-electron chi connectivity index (χ0n) is 42.9. The van der Waals surface area contributed by atoms with Crippen LogP contribution in [0.5, 0.6) is 0 Å². The van der Waals surface area contributed by atoms with Gasteiger partial charge < -0.3 is 9.13 Å². The minimum atomic E-state index is 1.16. The summed E-state index contributed by atoms with van der Waals surface area (Å²) in [5.41, 5.74) is 17.1. The largest absolute Gasteiger partial charge is 0.309 e. The molecule has 17 aromatic rings. The summed E-state index contributed by atoms with van der Waals surface area (Å²) in [6, 6.07) is 104. The smallest absolute Gasteiger partial charge is 0.0619 e. The Morgan fingerprint density at radius 3 is 1.01 bits per heavy atom. The standard InChI is InChI=1S/C76H46N2S/c1-3-21-49(22-4-1)77-67-39-17-15-25-51(67)62-35-19-37-64(75(62)77)73-58-31-11-7-27-54(58)71(55-28-8-12-32-59(55)73)47-42-44-69-66(45-47)53-43-41-48(46-70(53)79-69)72-56-29-9-13-33-60(56)74(61-34-14-10-30-57(61)72)65-38-20-36-63-52-26-16-18-40-68(52)78(76(63)65)50-23-5-2-6-24-50/h1-46H. The van der Waals surface area contributed by atoms with Crippen molar-refractivity contribution in [1.82, 2.24) is 9.13 Å². The first kappa shape index (κ1) is 44.1. The predicted octanol–water partition coefficient (Wildman–Crippen LogP) is 21.5. The van der Waals surface area contributed by atoms with E-state index >= 15 is 0 Å². The molecule has 0 saturated heterocycles. The fourth-order valence-electron chi connectivity index (χ4n) is 13.7. The molecule has 0 bridgehead atoms. The van der Waals surface area contributed by atoms with Crippen LogP contribution in [0.1, 0.15) is 0 Å². The molecule has 2 nitrogen and oxygen atoms in total. The van der Waals surface area contributed by atoms with E-state index in [0.29, 0.717) is 0 Å². The summed E-state index contributed by atoms with van der Waals surface area (Å²) >= 11 is 1.89. The number of rotatable bonds is 6. The molecule has 0 atom stereocenters. The average Bonchev–Trinajstić information content (AvgIpc) is 4.37. The van der Waals surface area contributed by atoms with Crippen LogP contribution in [0.3, 0.4) is 0 Å². The van der Waals surface area contributed by atoms with Crippen molar-refractivity contribution in [3.63, 3.8) is 0 Å². The maximum absolute atomic E-state index is 2.47. The molecule has 0 fully saturated rings. The number of hydrogen-bond acceptors (Lipinski definition) is 1. The lowest BCUT2D eigenvalue weighted by molar-refractivity contribution is 1.18. The Balaban J connectivity index is 0.850. The second kappa shape index (κ2) is 17.2. The highest BCUT2D eigenvalue weighted by Crippen LogP contribution is 2.51. The van der Waals surface area contributed by atoms with E-state index < -0.39 is 0 Å². The van der Waals surface area contributed by atoms with Crippen molar-refractivity contribution in [3.8, 4) is 55.9 Å². The van der Waals surface area contributed by atoms with Gasteiger partial charge in [-0.3, -0.25) is 0 Å². The van der Waals surface area contributed by atoms with E-state index in [9.17, 15) is 0 Å². The molecule has 17 rings (SSSR count). The fourth-order valence-corrected chi connectivity index (χ4v) is 14.8. The summed E-state index contributed by atoms with van der Waals surface area (Å²) in [4.78, 5) is 0. The van der Waals surface area contributed by atoms with Gasteiger partial charge in [-0.25, -0.2) is 0 Å². The maximum atomic E-state index is 2.47. The van der Waals surface area contributed by atoms with E-state index in [0.717, 1.165) is 11.4 Å². The van der Waals surface area contributed by atoms with Crippen molar-refractivity contribution in [2.24, 2.45) is 0 Å². The van der Waals surface area contributed by atoms with Crippen molar-refractivity contribution in [3.05, 3.63) is 279 Å². The number of benzene rings is 14. The van der Waals surface area contributed by atoms with E-state index in [2.05, 4.69) is 288 Å². The summed E-state index contributed by atoms with van der Waals surface area (Å²) in [6.45, 7) is 0. The number of fused-ring (bicyclic) bond motifs is 13. The summed E-state index contributed by atoms with van der Waals surface area (Å²) in [5, 5.41) is 17.5. The lowest BCUT2D eigenvalue weighted by Crippen LogP contribution is -1.96. The van der Waals surface area contributed by atoms with Crippen LogP contribution in [-0.2, 0) is 0 Å². The number of nitrogens with zero attached hydrogens (tertiary/aromatic N) is 2. The zero-order chi connectivity index (χ0) is 51.7. The average molecular weight is 1020 g/mol. The highest BCUT2D eigenvalue weighted by molar-refractivity contribution is 7.25. The van der Waals surface area contributed by atoms with Crippen LogP contribution < -0.4 is 0 Å². The number of thiophene rings is 1. The Morgan fingerprint density at radius 2 is 0.570 bits per heavy atom. The van der Waals surface area contributed by atoms with Gasteiger partial charge in [-0.05, 0) is 131 Å². The van der Waals surface area contributed by atoms with Gasteiger partial charge in [0.1, 0.15) is 0 Å². The molecule has 79 heavy (non-hydrogen) atoms. The third-order valence-corrected chi connectivity index (χ3v) is 18.0. The molecule has 0 N–H and O–H groups in total. The van der Waals surface area contributed by atoms with E-state index in [1.54, 1.807) is 0 Å². The number of aromatic nitrogens is 2. The van der Waals surface area contributed by atoms with E-state index in [1.807, 2.05) is 11.3 Å². The Hall–Kier alpha value is -10.1. The van der Waals surface area contributed by atoms with Gasteiger partial charge in [-0.2, -0.15) is 0 Å². The van der Waals surface area contributed by atoms with Crippen molar-refractivity contribution < 1.29 is 0 Å². The molecule has 0 saturated carbocycles. The maximum Gasteiger partial charge on any atom is 0.0619 e. The van der Waals surface area contributed by atoms with Crippen LogP contribution in [0, 0.1) is 0 Å². The van der Waals surface area contributed by atoms with Crippen LogP contribution in [0.25, 0.3) is 163 Å². The second-order valence-electron chi connectivity index (χ2n) is 21.0. The lowest BCUT2D eigenvalue weighted by Gasteiger charge is -2.19. The summed E-state index contributed by atoms with van der Waals surface area (Å²) in [6.07, 6.45) is 0. The molecule has 0 amide bonds. The quantitative estimate of drug-likeness (QED) is 0.147. The second-order valence-corrected chi connectivity index (χ2v) is 22.1. The summed E-state index contributed by atoms with van der Waals surface area (Å²) in [5.74, 6) is 0. The first-order valence-corrected chi connectivity index (χ1v) is 28.1. The molecule has 3 heteroatoms. The molecule has 3 aromatic heterocycles. The normalized spacial score (nSPS) is 12.1. The first-order chi connectivity index (χ1) is 39.2. The molecule has 0 spiro atoms. The minimum Gasteiger partial charge on any atom is -0.309 e. The topological polar surface area (TPSA) is 9.86 Å². The lowest BCUT2D eigenvalue weighted by atomic mass is 9.85. The van der Waals surface area contributed by atoms with Gasteiger partial charge in [0.05, 0.1) is 22.1 Å². The van der Waals surface area contributed by atoms with Crippen LogP contribution >= 0.6 is 11.3 Å². The summed E-state index contributed by atoms with van der Waals surface area (Å²) in [7, 11) is 0. The van der Waals surface area contributed by atoms with Crippen molar-refractivity contribution in [1.29, 1.82) is 0 Å². The Bertz CT molecular complexity index is 5250. The predicted molar refractivity (Wildman–Crippen MR) is 340 cm³/mol. The van der Waals surface area contributed by atoms with Crippen LogP contribution in [0.4, 0.5) is 0 Å². The van der Waals surface area contributed by atoms with Crippen molar-refractivity contribution in [2.45, 2.75) is 0 Å². The Kier molecular flexibility index (Phi) is 9.62. The fraction of sp³-hybridized carbons (Fsp3) is 0. The Morgan fingerprint density at radius 1 is 0.215 bits per heavy atom. The van der Waals surface area contributed by atoms with Gasteiger partial charge in [-0.15, -0.1) is 11.3 Å². The van der Waals surface area contributed by atoms with Gasteiger partial charge >= 0.3 is 0 Å². The van der Waals surface area contributed by atoms with Crippen LogP contribution in [0.2, 0.25) is 0 Å². The minimum absolute atomic E-state index is 1.16. The van der Waals surface area contributed by atoms with Gasteiger partial charge in [0.2, 0.25) is 0 Å². The number of para-hydroxylation sites is 6. The zero-order valence-corrected chi connectivity index (χ0v) is 43.7. The number of hydrogen-bond donors (Lipinski definition) is 0. The van der Waals surface area contributed by atoms with Gasteiger partial charge in [-0.1, -0.05) is 224 Å². The monoisotopic (exact) mass is 1020 g/mol. The van der Waals surface area contributed by atoms with Gasteiger partial charge in [0.25, 0.3) is 0 Å². The van der Waals surface area contributed by atoms with Crippen LogP contribution in [-0.4, -0.2) is 9.13 Å². The first-order valence-electron chi connectivity index (χ1n) is 27.2. The molecule has 0 radical (unpaired) electrons. The molecule has 0 unspecified atom stereocenters.